The van der Waals surface area contributed by atoms with E-state index < -0.39 is 11.5 Å². The average Bonchev–Trinajstić information content (AvgIpc) is 2.16. The van der Waals surface area contributed by atoms with E-state index in [2.05, 4.69) is 10.2 Å². The molecule has 0 radical (unpaired) electrons. The van der Waals surface area contributed by atoms with Gasteiger partial charge in [0.15, 0.2) is 0 Å². The van der Waals surface area contributed by atoms with Gasteiger partial charge in [0.1, 0.15) is 0 Å². The Morgan fingerprint density at radius 1 is 1.53 bits per heavy atom. The van der Waals surface area contributed by atoms with Crippen molar-refractivity contribution in [3.8, 4) is 0 Å². The van der Waals surface area contributed by atoms with Crippen LogP contribution in [0, 0.1) is 0 Å². The summed E-state index contributed by atoms with van der Waals surface area (Å²) in [6.07, 6.45) is 1.19. The van der Waals surface area contributed by atoms with Crippen LogP contribution >= 0.6 is 23.4 Å². The number of hydrogen-bond donors (Lipinski definition) is 1. The van der Waals surface area contributed by atoms with Crippen LogP contribution in [0.2, 0.25) is 0 Å². The number of hydrogen-bond acceptors (Lipinski definition) is 4. The Morgan fingerprint density at radius 2 is 2.07 bits per heavy atom. The highest BCUT2D eigenvalue weighted by Gasteiger charge is 2.24. The molecule has 0 aromatic rings. The molecule has 0 saturated carbocycles. The van der Waals surface area contributed by atoms with Crippen molar-refractivity contribution in [3.05, 3.63) is 0 Å². The average molecular weight is 255 g/mol. The maximum Gasteiger partial charge on any atom is 0.425 e. The normalized spacial score (nSPS) is 10.7. The van der Waals surface area contributed by atoms with Crippen LogP contribution in [0.5, 0.6) is 0 Å². The molecule has 0 saturated heterocycles. The van der Waals surface area contributed by atoms with E-state index in [1.807, 2.05) is 20.1 Å². The summed E-state index contributed by atoms with van der Waals surface area (Å²) in [5.41, 5.74) is 2.23. The number of methoxy groups -OCH3 is 1. The van der Waals surface area contributed by atoms with Gasteiger partial charge >= 0.3 is 11.5 Å². The third-order valence-corrected chi connectivity index (χ3v) is 3.15. The van der Waals surface area contributed by atoms with Gasteiger partial charge in [0.2, 0.25) is 0 Å². The predicted molar refractivity (Wildman–Crippen MR) is 61.1 cm³/mol. The van der Waals surface area contributed by atoms with Crippen LogP contribution in [0.15, 0.2) is 0 Å². The second-order valence-corrected chi connectivity index (χ2v) is 5.24. The summed E-state index contributed by atoms with van der Waals surface area (Å²) >= 11 is 6.88. The van der Waals surface area contributed by atoms with E-state index in [4.69, 9.17) is 11.6 Å². The summed E-state index contributed by atoms with van der Waals surface area (Å²) in [4.78, 5) is 21.9. The lowest BCUT2D eigenvalue weighted by atomic mass is 10.2. The quantitative estimate of drug-likeness (QED) is 0.476. The molecular weight excluding hydrogens is 240 g/mol. The molecule has 0 aromatic carbocycles. The van der Waals surface area contributed by atoms with Gasteiger partial charge in [-0.2, -0.15) is 11.8 Å². The second kappa shape index (κ2) is 6.07. The molecule has 0 aliphatic rings. The van der Waals surface area contributed by atoms with Crippen molar-refractivity contribution in [1.82, 2.24) is 10.4 Å². The monoisotopic (exact) mass is 254 g/mol. The van der Waals surface area contributed by atoms with E-state index in [-0.39, 0.29) is 4.75 Å². The first-order valence-corrected chi connectivity index (χ1v) is 5.79. The van der Waals surface area contributed by atoms with Crippen molar-refractivity contribution in [2.45, 2.75) is 18.6 Å². The third kappa shape index (κ3) is 5.74. The molecule has 0 bridgehead atoms. The molecule has 0 rings (SSSR count). The van der Waals surface area contributed by atoms with E-state index >= 15 is 0 Å². The summed E-state index contributed by atoms with van der Waals surface area (Å²) in [6.45, 7) is 4.17. The van der Waals surface area contributed by atoms with Gasteiger partial charge in [0, 0.05) is 4.75 Å². The summed E-state index contributed by atoms with van der Waals surface area (Å²) in [5.74, 6) is 0. The minimum absolute atomic E-state index is 0.203. The van der Waals surface area contributed by atoms with Gasteiger partial charge in [0.25, 0.3) is 0 Å². The van der Waals surface area contributed by atoms with Crippen molar-refractivity contribution >= 4 is 34.8 Å². The Bertz CT molecular complexity index is 248. The number of carbonyl (C=O) groups excluding carboxylic acids is 2. The topological polar surface area (TPSA) is 58.6 Å². The molecule has 0 aromatic heterocycles. The molecule has 0 aliphatic carbocycles. The van der Waals surface area contributed by atoms with Crippen LogP contribution in [0.1, 0.15) is 13.8 Å². The lowest BCUT2D eigenvalue weighted by molar-refractivity contribution is 0.133. The van der Waals surface area contributed by atoms with Crippen molar-refractivity contribution in [3.63, 3.8) is 0 Å². The Balaban J connectivity index is 4.42. The molecule has 15 heavy (non-hydrogen) atoms. The Kier molecular flexibility index (Phi) is 5.82. The first-order chi connectivity index (χ1) is 6.82. The maximum atomic E-state index is 11.0. The van der Waals surface area contributed by atoms with Crippen LogP contribution in [-0.4, -0.2) is 41.1 Å². The van der Waals surface area contributed by atoms with Gasteiger partial charge in [-0.25, -0.2) is 15.2 Å². The number of halogens is 1. The van der Waals surface area contributed by atoms with Gasteiger partial charge in [-0.05, 0) is 31.7 Å². The van der Waals surface area contributed by atoms with Crippen molar-refractivity contribution in [2.24, 2.45) is 0 Å². The van der Waals surface area contributed by atoms with Crippen LogP contribution < -0.4 is 5.43 Å². The van der Waals surface area contributed by atoms with Crippen molar-refractivity contribution in [2.75, 3.05) is 19.9 Å². The number of amides is 2. The molecule has 1 N–H and O–H groups in total. The fraction of sp³-hybridized carbons (Fsp3) is 0.750. The van der Waals surface area contributed by atoms with Crippen LogP contribution in [-0.2, 0) is 4.74 Å². The molecule has 0 atom stereocenters. The summed E-state index contributed by atoms with van der Waals surface area (Å²) in [6, 6.07) is 0. The molecule has 2 amide bonds. The standard InChI is InChI=1S/C8H15ClN2O3S/c1-8(2,15-4)5-11(6(9)12)10-7(13)14-3/h5H2,1-4H3,(H,10,13). The Hall–Kier alpha value is -0.620. The van der Waals surface area contributed by atoms with Gasteiger partial charge in [-0.1, -0.05) is 0 Å². The van der Waals surface area contributed by atoms with Crippen LogP contribution in [0.25, 0.3) is 0 Å². The third-order valence-electron chi connectivity index (χ3n) is 1.72. The van der Waals surface area contributed by atoms with Gasteiger partial charge in [0.05, 0.1) is 13.7 Å². The van der Waals surface area contributed by atoms with E-state index in [0.29, 0.717) is 6.54 Å². The molecule has 0 heterocycles. The van der Waals surface area contributed by atoms with E-state index in [0.717, 1.165) is 5.01 Å². The molecule has 0 fully saturated rings. The molecule has 0 unspecified atom stereocenters. The molecule has 88 valence electrons. The zero-order valence-corrected chi connectivity index (χ0v) is 10.7. The SMILES string of the molecule is COC(=O)NN(CC(C)(C)SC)C(=O)Cl. The smallest absolute Gasteiger partial charge is 0.425 e. The molecule has 5 nitrogen and oxygen atoms in total. The summed E-state index contributed by atoms with van der Waals surface area (Å²) in [7, 11) is 1.21. The first-order valence-electron chi connectivity index (χ1n) is 4.19. The van der Waals surface area contributed by atoms with E-state index in [9.17, 15) is 9.59 Å². The van der Waals surface area contributed by atoms with Crippen molar-refractivity contribution in [1.29, 1.82) is 0 Å². The van der Waals surface area contributed by atoms with Gasteiger partial charge in [-0.15, -0.1) is 0 Å². The fourth-order valence-electron chi connectivity index (χ4n) is 0.747. The minimum atomic E-state index is -0.748. The number of nitrogens with one attached hydrogen (secondary N) is 1. The molecule has 0 aliphatic heterocycles. The lowest BCUT2D eigenvalue weighted by Crippen LogP contribution is -2.49. The highest BCUT2D eigenvalue weighted by atomic mass is 35.5. The van der Waals surface area contributed by atoms with E-state index in [1.54, 1.807) is 11.8 Å². The molecule has 7 heteroatoms. The predicted octanol–water partition coefficient (Wildman–Crippen LogP) is 2.06. The number of rotatable bonds is 3. The maximum absolute atomic E-state index is 11.0. The summed E-state index contributed by atoms with van der Waals surface area (Å²) in [5, 5.41) is 0.270. The fourth-order valence-corrected chi connectivity index (χ4v) is 1.11. The summed E-state index contributed by atoms with van der Waals surface area (Å²) < 4.78 is 4.17. The molecule has 0 spiro atoms. The Labute approximate surface area is 98.4 Å². The number of ether oxygens (including phenoxy) is 1. The van der Waals surface area contributed by atoms with Crippen LogP contribution in [0.4, 0.5) is 9.59 Å². The number of nitrogens with zero attached hydrogens (tertiary/aromatic N) is 1. The number of hydrazine groups is 1. The highest BCUT2D eigenvalue weighted by Crippen LogP contribution is 2.22. The van der Waals surface area contributed by atoms with Gasteiger partial charge < -0.3 is 4.74 Å². The van der Waals surface area contributed by atoms with E-state index in [1.165, 1.54) is 7.11 Å². The molecular formula is C8H15ClN2O3S. The number of thioether (sulfide) groups is 1. The largest absolute Gasteiger partial charge is 0.452 e. The minimum Gasteiger partial charge on any atom is -0.452 e. The van der Waals surface area contributed by atoms with Crippen molar-refractivity contribution < 1.29 is 14.3 Å². The lowest BCUT2D eigenvalue weighted by Gasteiger charge is -2.29. The zero-order valence-electron chi connectivity index (χ0n) is 9.17. The number of carbonyl (C=O) groups is 2. The first kappa shape index (κ1) is 14.4. The zero-order chi connectivity index (χ0) is 12.1. The van der Waals surface area contributed by atoms with Crippen LogP contribution in [0.3, 0.4) is 0 Å². The van der Waals surface area contributed by atoms with Gasteiger partial charge in [-0.3, -0.25) is 4.79 Å². The Morgan fingerprint density at radius 3 is 2.40 bits per heavy atom. The highest BCUT2D eigenvalue weighted by molar-refractivity contribution is 7.99. The second-order valence-electron chi connectivity index (χ2n) is 3.41.